The number of benzene rings is 1. The average Bonchev–Trinajstić information content (AvgIpc) is 3.51. The SMILES string of the molecule is COCCN1C(=O)[C@H]2[C@H](C(=O)Nc3cccc(OC)c3)[C@H]3C=C[C@@]2(O3)[C@@H]1C(=O)N[C@@H]1CCCC[C@@H]1C. The van der Waals surface area contributed by atoms with Crippen molar-refractivity contribution in [2.75, 3.05) is 32.7 Å². The van der Waals surface area contributed by atoms with E-state index in [0.29, 0.717) is 17.4 Å². The Morgan fingerprint density at radius 1 is 1.19 bits per heavy atom. The molecule has 36 heavy (non-hydrogen) atoms. The van der Waals surface area contributed by atoms with Gasteiger partial charge in [0.25, 0.3) is 0 Å². The smallest absolute Gasteiger partial charge is 0.246 e. The van der Waals surface area contributed by atoms with Crippen LogP contribution >= 0.6 is 0 Å². The normalized spacial score (nSPS) is 34.5. The van der Waals surface area contributed by atoms with Crippen LogP contribution in [0.3, 0.4) is 0 Å². The third-order valence-electron chi connectivity index (χ3n) is 8.24. The van der Waals surface area contributed by atoms with Crippen molar-refractivity contribution >= 4 is 23.4 Å². The van der Waals surface area contributed by atoms with Crippen molar-refractivity contribution in [3.8, 4) is 5.75 Å². The number of rotatable bonds is 8. The molecule has 0 radical (unpaired) electrons. The molecule has 3 amide bonds. The monoisotopic (exact) mass is 497 g/mol. The summed E-state index contributed by atoms with van der Waals surface area (Å²) in [6.07, 6.45) is 7.32. The van der Waals surface area contributed by atoms with E-state index in [1.807, 2.05) is 12.2 Å². The molecule has 1 saturated carbocycles. The first-order chi connectivity index (χ1) is 17.4. The molecule has 3 fully saturated rings. The summed E-state index contributed by atoms with van der Waals surface area (Å²) >= 11 is 0. The second-order valence-corrected chi connectivity index (χ2v) is 10.3. The van der Waals surface area contributed by atoms with E-state index in [1.54, 1.807) is 43.4 Å². The number of methoxy groups -OCH3 is 2. The standard InChI is InChI=1S/C27H35N3O6/c1-16-7-4-5-10-19(16)29-25(32)23-27-12-11-20(36-27)21(22(27)26(33)30(23)13-14-34-2)24(31)28-17-8-6-9-18(15-17)35-3/h6,8-9,11-12,15-16,19-23H,4-5,7,10,13-14H2,1-3H3,(H,28,31)(H,29,32)/t16-,19+,20+,21+,22+,23-,27-/m0/s1. The van der Waals surface area contributed by atoms with Crippen LogP contribution in [-0.2, 0) is 23.9 Å². The quantitative estimate of drug-likeness (QED) is 0.533. The second-order valence-electron chi connectivity index (χ2n) is 10.3. The highest BCUT2D eigenvalue weighted by Crippen LogP contribution is 2.55. The van der Waals surface area contributed by atoms with Gasteiger partial charge < -0.3 is 29.7 Å². The maximum Gasteiger partial charge on any atom is 0.246 e. The van der Waals surface area contributed by atoms with Crippen molar-refractivity contribution in [2.24, 2.45) is 17.8 Å². The van der Waals surface area contributed by atoms with E-state index in [0.717, 1.165) is 19.3 Å². The topological polar surface area (TPSA) is 106 Å². The van der Waals surface area contributed by atoms with Gasteiger partial charge in [0, 0.05) is 31.5 Å². The van der Waals surface area contributed by atoms with Crippen LogP contribution < -0.4 is 15.4 Å². The summed E-state index contributed by atoms with van der Waals surface area (Å²) in [7, 11) is 3.12. The van der Waals surface area contributed by atoms with E-state index in [2.05, 4.69) is 17.6 Å². The summed E-state index contributed by atoms with van der Waals surface area (Å²) in [6.45, 7) is 2.69. The van der Waals surface area contributed by atoms with Crippen molar-refractivity contribution in [3.05, 3.63) is 36.4 Å². The first kappa shape index (κ1) is 24.8. The van der Waals surface area contributed by atoms with Crippen molar-refractivity contribution in [1.82, 2.24) is 10.2 Å². The predicted octanol–water partition coefficient (Wildman–Crippen LogP) is 2.13. The predicted molar refractivity (Wildman–Crippen MR) is 132 cm³/mol. The maximum atomic E-state index is 13.8. The fraction of sp³-hybridized carbons (Fsp3) is 0.593. The van der Waals surface area contributed by atoms with Crippen LogP contribution in [0.25, 0.3) is 0 Å². The Morgan fingerprint density at radius 2 is 2.00 bits per heavy atom. The van der Waals surface area contributed by atoms with E-state index in [4.69, 9.17) is 14.2 Å². The van der Waals surface area contributed by atoms with Crippen LogP contribution in [0.4, 0.5) is 5.69 Å². The third kappa shape index (κ3) is 4.08. The number of fused-ring (bicyclic) bond motifs is 1. The van der Waals surface area contributed by atoms with Gasteiger partial charge >= 0.3 is 0 Å². The Morgan fingerprint density at radius 3 is 2.75 bits per heavy atom. The lowest BCUT2D eigenvalue weighted by molar-refractivity contribution is -0.142. The van der Waals surface area contributed by atoms with Gasteiger partial charge in [0.05, 0.1) is 31.7 Å². The minimum absolute atomic E-state index is 0.0656. The molecule has 1 aromatic carbocycles. The highest BCUT2D eigenvalue weighted by molar-refractivity contribution is 6.02. The van der Waals surface area contributed by atoms with Gasteiger partial charge in [-0.15, -0.1) is 0 Å². The summed E-state index contributed by atoms with van der Waals surface area (Å²) in [5, 5.41) is 6.14. The number of carbonyl (C=O) groups is 3. The summed E-state index contributed by atoms with van der Waals surface area (Å²) in [4.78, 5) is 42.6. The lowest BCUT2D eigenvalue weighted by atomic mass is 9.74. The van der Waals surface area contributed by atoms with E-state index >= 15 is 0 Å². The number of hydrogen-bond donors (Lipinski definition) is 2. The number of anilines is 1. The van der Waals surface area contributed by atoms with Gasteiger partial charge in [-0.25, -0.2) is 0 Å². The molecule has 194 valence electrons. The minimum atomic E-state index is -1.17. The summed E-state index contributed by atoms with van der Waals surface area (Å²) in [6, 6.07) is 6.28. The fourth-order valence-corrected chi connectivity index (χ4v) is 6.42. The zero-order chi connectivity index (χ0) is 25.4. The molecular weight excluding hydrogens is 462 g/mol. The third-order valence-corrected chi connectivity index (χ3v) is 8.24. The Hall–Kier alpha value is -2.91. The average molecular weight is 498 g/mol. The highest BCUT2D eigenvalue weighted by atomic mass is 16.5. The van der Waals surface area contributed by atoms with Crippen molar-refractivity contribution < 1.29 is 28.6 Å². The molecule has 2 bridgehead atoms. The Balaban J connectivity index is 1.42. The Labute approximate surface area is 211 Å². The number of nitrogens with one attached hydrogen (secondary N) is 2. The molecule has 3 aliphatic heterocycles. The molecule has 1 aliphatic carbocycles. The van der Waals surface area contributed by atoms with Gasteiger partial charge in [-0.3, -0.25) is 14.4 Å². The van der Waals surface area contributed by atoms with Crippen LogP contribution in [0.2, 0.25) is 0 Å². The molecule has 0 aromatic heterocycles. The molecule has 9 heteroatoms. The highest BCUT2D eigenvalue weighted by Gasteiger charge is 2.72. The molecule has 9 nitrogen and oxygen atoms in total. The number of likely N-dealkylation sites (tertiary alicyclic amines) is 1. The first-order valence-corrected chi connectivity index (χ1v) is 12.8. The molecule has 5 rings (SSSR count). The number of nitrogens with zero attached hydrogens (tertiary/aromatic N) is 1. The summed E-state index contributed by atoms with van der Waals surface area (Å²) < 4.78 is 16.9. The lowest BCUT2D eigenvalue weighted by Gasteiger charge is -2.35. The van der Waals surface area contributed by atoms with Gasteiger partial charge in [-0.1, -0.05) is 38.0 Å². The molecule has 1 spiro atoms. The van der Waals surface area contributed by atoms with E-state index < -0.39 is 29.6 Å². The number of ether oxygens (including phenoxy) is 3. The molecule has 2 saturated heterocycles. The zero-order valence-corrected chi connectivity index (χ0v) is 21.1. The number of hydrogen-bond acceptors (Lipinski definition) is 6. The van der Waals surface area contributed by atoms with Gasteiger partial charge in [0.15, 0.2) is 0 Å². The molecule has 1 aromatic rings. The molecule has 3 heterocycles. The second kappa shape index (κ2) is 9.86. The maximum absolute atomic E-state index is 13.8. The summed E-state index contributed by atoms with van der Waals surface area (Å²) in [5.41, 5.74) is -0.601. The van der Waals surface area contributed by atoms with E-state index in [9.17, 15) is 14.4 Å². The van der Waals surface area contributed by atoms with Crippen LogP contribution in [0.1, 0.15) is 32.6 Å². The Bertz CT molecular complexity index is 1060. The van der Waals surface area contributed by atoms with Gasteiger partial charge in [0.1, 0.15) is 17.4 Å². The van der Waals surface area contributed by atoms with Crippen molar-refractivity contribution in [1.29, 1.82) is 0 Å². The molecule has 2 N–H and O–H groups in total. The van der Waals surface area contributed by atoms with Crippen LogP contribution in [0.5, 0.6) is 5.75 Å². The minimum Gasteiger partial charge on any atom is -0.497 e. The van der Waals surface area contributed by atoms with Gasteiger partial charge in [-0.05, 0) is 30.9 Å². The Kier molecular flexibility index (Phi) is 6.78. The zero-order valence-electron chi connectivity index (χ0n) is 21.1. The van der Waals surface area contributed by atoms with Crippen molar-refractivity contribution in [2.45, 2.75) is 56.4 Å². The molecular formula is C27H35N3O6. The van der Waals surface area contributed by atoms with Gasteiger partial charge in [0.2, 0.25) is 17.7 Å². The van der Waals surface area contributed by atoms with E-state index in [-0.39, 0.29) is 36.9 Å². The molecule has 4 aliphatic rings. The fourth-order valence-electron chi connectivity index (χ4n) is 6.42. The lowest BCUT2D eigenvalue weighted by Crippen LogP contribution is -2.57. The van der Waals surface area contributed by atoms with Crippen molar-refractivity contribution in [3.63, 3.8) is 0 Å². The molecule has 0 unspecified atom stereocenters. The van der Waals surface area contributed by atoms with Crippen LogP contribution in [0.15, 0.2) is 36.4 Å². The number of carbonyl (C=O) groups excluding carboxylic acids is 3. The van der Waals surface area contributed by atoms with Gasteiger partial charge in [-0.2, -0.15) is 0 Å². The summed E-state index contributed by atoms with van der Waals surface area (Å²) in [5.74, 6) is -1.32. The molecule has 7 atom stereocenters. The first-order valence-electron chi connectivity index (χ1n) is 12.8. The van der Waals surface area contributed by atoms with E-state index in [1.165, 1.54) is 6.42 Å². The largest absolute Gasteiger partial charge is 0.497 e. The van der Waals surface area contributed by atoms with Crippen LogP contribution in [0, 0.1) is 17.8 Å². The number of amides is 3. The van der Waals surface area contributed by atoms with Crippen LogP contribution in [-0.4, -0.2) is 73.8 Å².